The van der Waals surface area contributed by atoms with Gasteiger partial charge in [-0.15, -0.1) is 12.3 Å². The minimum Gasteiger partial charge on any atom is -0.293 e. The average Bonchev–Trinajstić information content (AvgIpc) is 2.33. The van der Waals surface area contributed by atoms with Crippen LogP contribution in [0.25, 0.3) is 10.9 Å². The largest absolute Gasteiger partial charge is 0.328 e. The van der Waals surface area contributed by atoms with Crippen LogP contribution in [0.3, 0.4) is 0 Å². The number of hydrogen-bond acceptors (Lipinski definition) is 2. The molecule has 2 aromatic rings. The lowest BCUT2D eigenvalue weighted by molar-refractivity contribution is 0.637. The fourth-order valence-corrected chi connectivity index (χ4v) is 1.80. The predicted molar refractivity (Wildman–Crippen MR) is 66.9 cm³/mol. The summed E-state index contributed by atoms with van der Waals surface area (Å²) >= 11 is 0. The first-order valence-electron chi connectivity index (χ1n) is 5.39. The Morgan fingerprint density at radius 2 is 2.06 bits per heavy atom. The number of nitrogens with zero attached hydrogens (tertiary/aromatic N) is 1. The van der Waals surface area contributed by atoms with Crippen molar-refractivity contribution in [3.63, 3.8) is 0 Å². The van der Waals surface area contributed by atoms with Gasteiger partial charge in [0.05, 0.1) is 10.9 Å². The van der Waals surface area contributed by atoms with Crippen molar-refractivity contribution in [3.8, 4) is 12.3 Å². The highest BCUT2D eigenvalue weighted by molar-refractivity contribution is 5.77. The van der Waals surface area contributed by atoms with Crippen molar-refractivity contribution >= 4 is 10.9 Å². The monoisotopic (exact) mass is 228 g/mol. The van der Waals surface area contributed by atoms with E-state index in [9.17, 15) is 9.59 Å². The zero-order valence-electron chi connectivity index (χ0n) is 9.27. The van der Waals surface area contributed by atoms with Gasteiger partial charge in [0.25, 0.3) is 5.56 Å². The van der Waals surface area contributed by atoms with Crippen LogP contribution >= 0.6 is 0 Å². The first-order valence-corrected chi connectivity index (χ1v) is 5.39. The molecule has 4 nitrogen and oxygen atoms in total. The van der Waals surface area contributed by atoms with Crippen LogP contribution in [-0.4, -0.2) is 9.55 Å². The molecule has 17 heavy (non-hydrogen) atoms. The van der Waals surface area contributed by atoms with Crippen LogP contribution in [-0.2, 0) is 6.54 Å². The molecule has 2 rings (SSSR count). The van der Waals surface area contributed by atoms with Crippen LogP contribution in [0.1, 0.15) is 12.8 Å². The lowest BCUT2D eigenvalue weighted by Gasteiger charge is -2.07. The Labute approximate surface area is 97.9 Å². The summed E-state index contributed by atoms with van der Waals surface area (Å²) in [7, 11) is 0. The predicted octanol–water partition coefficient (Wildman–Crippen LogP) is 1.10. The molecule has 0 saturated carbocycles. The SMILES string of the molecule is C#CCCCn1c(=O)[nH]c(=O)c2ccccc21. The highest BCUT2D eigenvalue weighted by atomic mass is 16.2. The van der Waals surface area contributed by atoms with Gasteiger partial charge in [-0.25, -0.2) is 4.79 Å². The van der Waals surface area contributed by atoms with Gasteiger partial charge < -0.3 is 0 Å². The summed E-state index contributed by atoms with van der Waals surface area (Å²) in [4.78, 5) is 25.6. The van der Waals surface area contributed by atoms with Crippen LogP contribution in [0.15, 0.2) is 33.9 Å². The van der Waals surface area contributed by atoms with Gasteiger partial charge in [-0.1, -0.05) is 12.1 Å². The van der Waals surface area contributed by atoms with Gasteiger partial charge in [-0.3, -0.25) is 14.3 Å². The number of aromatic nitrogens is 2. The molecule has 0 atom stereocenters. The van der Waals surface area contributed by atoms with Gasteiger partial charge in [0.1, 0.15) is 0 Å². The number of para-hydroxylation sites is 1. The molecule has 1 N–H and O–H groups in total. The molecular formula is C13H12N2O2. The van der Waals surface area contributed by atoms with E-state index in [0.717, 1.165) is 0 Å². The molecule has 0 amide bonds. The van der Waals surface area contributed by atoms with Crippen molar-refractivity contribution in [2.75, 3.05) is 0 Å². The van der Waals surface area contributed by atoms with Crippen molar-refractivity contribution in [1.29, 1.82) is 0 Å². The number of fused-ring (bicyclic) bond motifs is 1. The van der Waals surface area contributed by atoms with E-state index in [1.807, 2.05) is 0 Å². The smallest absolute Gasteiger partial charge is 0.293 e. The van der Waals surface area contributed by atoms with Gasteiger partial charge in [0.2, 0.25) is 0 Å². The number of benzene rings is 1. The van der Waals surface area contributed by atoms with E-state index in [2.05, 4.69) is 10.9 Å². The highest BCUT2D eigenvalue weighted by Crippen LogP contribution is 2.07. The summed E-state index contributed by atoms with van der Waals surface area (Å²) in [6.07, 6.45) is 6.50. The van der Waals surface area contributed by atoms with E-state index in [4.69, 9.17) is 6.42 Å². The minimum absolute atomic E-state index is 0.348. The van der Waals surface area contributed by atoms with Crippen molar-refractivity contribution in [3.05, 3.63) is 45.1 Å². The van der Waals surface area contributed by atoms with Crippen molar-refractivity contribution in [2.24, 2.45) is 0 Å². The minimum atomic E-state index is -0.384. The van der Waals surface area contributed by atoms with Gasteiger partial charge >= 0.3 is 5.69 Å². The van der Waals surface area contributed by atoms with Crippen LogP contribution in [0, 0.1) is 12.3 Å². The quantitative estimate of drug-likeness (QED) is 0.632. The fraction of sp³-hybridized carbons (Fsp3) is 0.231. The van der Waals surface area contributed by atoms with E-state index in [-0.39, 0.29) is 11.2 Å². The molecule has 0 bridgehead atoms. The zero-order valence-corrected chi connectivity index (χ0v) is 9.27. The molecule has 0 aliphatic rings. The molecule has 0 aliphatic carbocycles. The number of rotatable bonds is 3. The first-order chi connectivity index (χ1) is 8.24. The Hall–Kier alpha value is -2.28. The van der Waals surface area contributed by atoms with Gasteiger partial charge in [-0.05, 0) is 18.6 Å². The molecule has 1 heterocycles. The molecule has 0 saturated heterocycles. The van der Waals surface area contributed by atoms with Crippen molar-refractivity contribution in [2.45, 2.75) is 19.4 Å². The van der Waals surface area contributed by atoms with Crippen LogP contribution in [0.4, 0.5) is 0 Å². The Morgan fingerprint density at radius 1 is 1.29 bits per heavy atom. The number of H-pyrrole nitrogens is 1. The van der Waals surface area contributed by atoms with Crippen molar-refractivity contribution in [1.82, 2.24) is 9.55 Å². The third-order valence-electron chi connectivity index (χ3n) is 2.61. The Morgan fingerprint density at radius 3 is 2.82 bits per heavy atom. The number of hydrogen-bond donors (Lipinski definition) is 1. The summed E-state index contributed by atoms with van der Waals surface area (Å²) in [5, 5.41) is 0.521. The van der Waals surface area contributed by atoms with E-state index in [1.165, 1.54) is 0 Å². The Bertz CT molecular complexity index is 689. The average molecular weight is 228 g/mol. The molecular weight excluding hydrogens is 216 g/mol. The van der Waals surface area contributed by atoms with Gasteiger partial charge in [0, 0.05) is 13.0 Å². The van der Waals surface area contributed by atoms with Crippen LogP contribution in [0.2, 0.25) is 0 Å². The standard InChI is InChI=1S/C13H12N2O2/c1-2-3-6-9-15-11-8-5-4-7-10(11)12(16)14-13(15)17/h1,4-5,7-8H,3,6,9H2,(H,14,16,17). The number of aryl methyl sites for hydroxylation is 1. The van der Waals surface area contributed by atoms with E-state index in [0.29, 0.717) is 30.3 Å². The zero-order chi connectivity index (χ0) is 12.3. The second kappa shape index (κ2) is 4.71. The van der Waals surface area contributed by atoms with Gasteiger partial charge in [-0.2, -0.15) is 0 Å². The van der Waals surface area contributed by atoms with Gasteiger partial charge in [0.15, 0.2) is 0 Å². The molecule has 4 heteroatoms. The molecule has 1 aromatic heterocycles. The second-order valence-corrected chi connectivity index (χ2v) is 3.74. The molecule has 0 spiro atoms. The Balaban J connectivity index is 2.58. The molecule has 0 unspecified atom stereocenters. The van der Waals surface area contributed by atoms with E-state index < -0.39 is 0 Å². The lowest BCUT2D eigenvalue weighted by atomic mass is 10.2. The maximum atomic E-state index is 11.7. The molecule has 0 radical (unpaired) electrons. The third kappa shape index (κ3) is 2.13. The maximum absolute atomic E-state index is 11.7. The number of aromatic amines is 1. The molecule has 86 valence electrons. The van der Waals surface area contributed by atoms with Crippen molar-refractivity contribution < 1.29 is 0 Å². The van der Waals surface area contributed by atoms with E-state index >= 15 is 0 Å². The van der Waals surface area contributed by atoms with Crippen LogP contribution in [0.5, 0.6) is 0 Å². The molecule has 1 aromatic carbocycles. The Kier molecular flexibility index (Phi) is 3.10. The highest BCUT2D eigenvalue weighted by Gasteiger charge is 2.05. The topological polar surface area (TPSA) is 54.9 Å². The normalized spacial score (nSPS) is 10.3. The lowest BCUT2D eigenvalue weighted by Crippen LogP contribution is -2.30. The molecule has 0 aliphatic heterocycles. The summed E-state index contributed by atoms with van der Waals surface area (Å²) < 4.78 is 1.55. The summed E-state index contributed by atoms with van der Waals surface area (Å²) in [6, 6.07) is 7.04. The van der Waals surface area contributed by atoms with E-state index in [1.54, 1.807) is 28.8 Å². The molecule has 0 fully saturated rings. The third-order valence-corrected chi connectivity index (χ3v) is 2.61. The second-order valence-electron chi connectivity index (χ2n) is 3.74. The van der Waals surface area contributed by atoms with Crippen LogP contribution < -0.4 is 11.2 Å². The maximum Gasteiger partial charge on any atom is 0.328 e. The number of terminal acetylenes is 1. The first kappa shape index (κ1) is 11.2. The summed E-state index contributed by atoms with van der Waals surface area (Å²) in [5.74, 6) is 2.53. The number of unbranched alkanes of at least 4 members (excludes halogenated alkanes) is 1. The number of nitrogens with one attached hydrogen (secondary N) is 1. The summed E-state index contributed by atoms with van der Waals surface area (Å²) in [5.41, 5.74) is -0.0807. The summed E-state index contributed by atoms with van der Waals surface area (Å²) in [6.45, 7) is 0.514. The fourth-order valence-electron chi connectivity index (χ4n) is 1.80.